The zero-order chi connectivity index (χ0) is 13.4. The third kappa shape index (κ3) is 2.18. The maximum Gasteiger partial charge on any atom is 0.291 e. The summed E-state index contributed by atoms with van der Waals surface area (Å²) in [6.45, 7) is 0. The standard InChI is InChI=1S/C7H9ClN4O4P2/c8-5(17(13,14)6-9-1-2-10-6)18(15,16)7-11-3-4-12-7/h1-5H,(H,9,10)(H,11,12)(H,13,14)(H,15,16). The third-order valence-electron chi connectivity index (χ3n) is 2.15. The summed E-state index contributed by atoms with van der Waals surface area (Å²) in [5.74, 6) is 0. The van der Waals surface area contributed by atoms with E-state index in [-0.39, 0.29) is 11.1 Å². The number of alkyl halides is 1. The van der Waals surface area contributed by atoms with Crippen LogP contribution in [-0.4, -0.2) is 34.6 Å². The van der Waals surface area contributed by atoms with Crippen molar-refractivity contribution < 1.29 is 18.9 Å². The van der Waals surface area contributed by atoms with Gasteiger partial charge in [-0.2, -0.15) is 0 Å². The molecule has 0 fully saturated rings. The van der Waals surface area contributed by atoms with Crippen LogP contribution in [0.2, 0.25) is 0 Å². The fourth-order valence-electron chi connectivity index (χ4n) is 1.28. The van der Waals surface area contributed by atoms with E-state index in [4.69, 9.17) is 11.6 Å². The van der Waals surface area contributed by atoms with Crippen molar-refractivity contribution in [1.82, 2.24) is 19.9 Å². The van der Waals surface area contributed by atoms with Crippen LogP contribution in [0, 0.1) is 0 Å². The van der Waals surface area contributed by atoms with E-state index in [1.54, 1.807) is 0 Å². The molecule has 0 aliphatic heterocycles. The first-order valence-corrected chi connectivity index (χ1v) is 8.55. The van der Waals surface area contributed by atoms with Gasteiger partial charge < -0.3 is 19.8 Å². The fraction of sp³-hybridized carbons (Fsp3) is 0.143. The molecule has 0 spiro atoms. The molecule has 2 aromatic rings. The molecule has 98 valence electrons. The van der Waals surface area contributed by atoms with Crippen LogP contribution in [0.5, 0.6) is 0 Å². The molecule has 8 nitrogen and oxygen atoms in total. The average Bonchev–Trinajstić information content (AvgIpc) is 3.00. The number of nitrogens with zero attached hydrogens (tertiary/aromatic N) is 2. The Kier molecular flexibility index (Phi) is 3.49. The Labute approximate surface area is 106 Å². The van der Waals surface area contributed by atoms with Gasteiger partial charge in [0.1, 0.15) is 0 Å². The SMILES string of the molecule is O=P(O)(c1ncc[nH]1)C(Cl)P(=O)(O)c1ncc[nH]1. The fourth-order valence-corrected chi connectivity index (χ4v) is 5.57. The molecule has 2 unspecified atom stereocenters. The molecular weight excluding hydrogens is 302 g/mol. The van der Waals surface area contributed by atoms with Gasteiger partial charge in [-0.1, -0.05) is 11.6 Å². The Morgan fingerprint density at radius 1 is 1.06 bits per heavy atom. The van der Waals surface area contributed by atoms with Gasteiger partial charge in [0.15, 0.2) is 16.0 Å². The van der Waals surface area contributed by atoms with Crippen LogP contribution in [-0.2, 0) is 9.13 Å². The second-order valence-electron chi connectivity index (χ2n) is 3.38. The molecule has 11 heteroatoms. The van der Waals surface area contributed by atoms with E-state index in [1.165, 1.54) is 24.8 Å². The average molecular weight is 311 g/mol. The highest BCUT2D eigenvalue weighted by Crippen LogP contribution is 2.63. The van der Waals surface area contributed by atoms with E-state index in [2.05, 4.69) is 19.9 Å². The van der Waals surface area contributed by atoms with Crippen LogP contribution in [0.1, 0.15) is 0 Å². The van der Waals surface area contributed by atoms with Crippen LogP contribution in [0.3, 0.4) is 0 Å². The molecule has 2 heterocycles. The van der Waals surface area contributed by atoms with Crippen LogP contribution in [0.25, 0.3) is 0 Å². The summed E-state index contributed by atoms with van der Waals surface area (Å²) >= 11 is 5.70. The van der Waals surface area contributed by atoms with E-state index in [0.29, 0.717) is 0 Å². The summed E-state index contributed by atoms with van der Waals surface area (Å²) < 4.78 is 24.1. The van der Waals surface area contributed by atoms with Crippen molar-refractivity contribution in [2.75, 3.05) is 0 Å². The van der Waals surface area contributed by atoms with Gasteiger partial charge in [0.25, 0.3) is 14.7 Å². The second-order valence-corrected chi connectivity index (χ2v) is 9.21. The van der Waals surface area contributed by atoms with Gasteiger partial charge in [-0.3, -0.25) is 9.13 Å². The first-order valence-electron chi connectivity index (χ1n) is 4.65. The molecule has 18 heavy (non-hydrogen) atoms. The lowest BCUT2D eigenvalue weighted by Crippen LogP contribution is -2.22. The van der Waals surface area contributed by atoms with Crippen molar-refractivity contribution >= 4 is 37.5 Å². The highest BCUT2D eigenvalue weighted by molar-refractivity contribution is 7.85. The van der Waals surface area contributed by atoms with Gasteiger partial charge in [0.2, 0.25) is 0 Å². The highest BCUT2D eigenvalue weighted by atomic mass is 35.5. The van der Waals surface area contributed by atoms with Gasteiger partial charge in [0.05, 0.1) is 0 Å². The molecule has 0 saturated heterocycles. The highest BCUT2D eigenvalue weighted by Gasteiger charge is 2.48. The van der Waals surface area contributed by atoms with Gasteiger partial charge >= 0.3 is 0 Å². The largest absolute Gasteiger partial charge is 0.340 e. The van der Waals surface area contributed by atoms with Crippen LogP contribution in [0.15, 0.2) is 24.8 Å². The molecule has 2 atom stereocenters. The Morgan fingerprint density at radius 2 is 1.44 bits per heavy atom. The summed E-state index contributed by atoms with van der Waals surface area (Å²) in [6, 6.07) is 0. The normalized spacial score (nSPS) is 19.9. The van der Waals surface area contributed by atoms with E-state index in [1.807, 2.05) is 0 Å². The zero-order valence-electron chi connectivity index (χ0n) is 8.76. The van der Waals surface area contributed by atoms with Gasteiger partial charge in [-0.05, 0) is 0 Å². The van der Waals surface area contributed by atoms with Crippen molar-refractivity contribution in [3.8, 4) is 0 Å². The van der Waals surface area contributed by atoms with E-state index in [9.17, 15) is 18.9 Å². The monoisotopic (exact) mass is 310 g/mol. The van der Waals surface area contributed by atoms with Gasteiger partial charge in [0, 0.05) is 24.8 Å². The van der Waals surface area contributed by atoms with E-state index >= 15 is 0 Å². The molecule has 4 N–H and O–H groups in total. The summed E-state index contributed by atoms with van der Waals surface area (Å²) in [7, 11) is -8.65. The smallest absolute Gasteiger partial charge is 0.291 e. The molecule has 0 amide bonds. The Hall–Kier alpha value is -0.910. The Bertz CT molecular complexity index is 559. The number of nitrogens with one attached hydrogen (secondary N) is 2. The van der Waals surface area contributed by atoms with E-state index in [0.717, 1.165) is 0 Å². The molecule has 2 rings (SSSR count). The molecule has 0 radical (unpaired) electrons. The van der Waals surface area contributed by atoms with Gasteiger partial charge in [-0.25, -0.2) is 9.97 Å². The molecule has 0 aliphatic carbocycles. The lowest BCUT2D eigenvalue weighted by Gasteiger charge is -2.19. The number of H-pyrrole nitrogens is 2. The van der Waals surface area contributed by atoms with Crippen LogP contribution in [0.4, 0.5) is 0 Å². The Morgan fingerprint density at radius 3 is 1.72 bits per heavy atom. The van der Waals surface area contributed by atoms with Crippen LogP contribution >= 0.6 is 26.3 Å². The van der Waals surface area contributed by atoms with Gasteiger partial charge in [-0.15, -0.1) is 0 Å². The Balaban J connectivity index is 2.41. The molecule has 0 saturated carbocycles. The summed E-state index contributed by atoms with van der Waals surface area (Å²) in [5.41, 5.74) is -0.660. The lowest BCUT2D eigenvalue weighted by atomic mass is 11.0. The molecular formula is C7H9ClN4O4P2. The van der Waals surface area contributed by atoms with Crippen molar-refractivity contribution in [2.24, 2.45) is 0 Å². The summed E-state index contributed by atoms with van der Waals surface area (Å²) in [4.78, 5) is 29.7. The second kappa shape index (κ2) is 4.64. The van der Waals surface area contributed by atoms with Crippen LogP contribution < -0.4 is 11.1 Å². The predicted octanol–water partition coefficient (Wildman–Crippen LogP) is 0.147. The van der Waals surface area contributed by atoms with Crippen molar-refractivity contribution in [2.45, 2.75) is 4.86 Å². The van der Waals surface area contributed by atoms with Crippen molar-refractivity contribution in [3.05, 3.63) is 24.8 Å². The number of hydrogen-bond donors (Lipinski definition) is 4. The van der Waals surface area contributed by atoms with E-state index < -0.39 is 19.6 Å². The minimum Gasteiger partial charge on any atom is -0.340 e. The lowest BCUT2D eigenvalue weighted by molar-refractivity contribution is 0.472. The number of hydrogen-bond acceptors (Lipinski definition) is 4. The number of rotatable bonds is 4. The summed E-state index contributed by atoms with van der Waals surface area (Å²) in [5, 5.41) is 0. The zero-order valence-corrected chi connectivity index (χ0v) is 11.3. The maximum absolute atomic E-state index is 12.1. The van der Waals surface area contributed by atoms with Crippen molar-refractivity contribution in [1.29, 1.82) is 0 Å². The predicted molar refractivity (Wildman–Crippen MR) is 65.7 cm³/mol. The maximum atomic E-state index is 12.1. The molecule has 0 aliphatic rings. The first-order chi connectivity index (χ1) is 8.37. The third-order valence-corrected chi connectivity index (χ3v) is 8.48. The quantitative estimate of drug-likeness (QED) is 0.469. The molecule has 2 aromatic heterocycles. The first kappa shape index (κ1) is 13.5. The van der Waals surface area contributed by atoms with Crippen molar-refractivity contribution in [3.63, 3.8) is 0 Å². The number of imidazole rings is 2. The topological polar surface area (TPSA) is 132 Å². The summed E-state index contributed by atoms with van der Waals surface area (Å²) in [6.07, 6.45) is 5.13. The number of aromatic amines is 2. The number of aromatic nitrogens is 4. The minimum absolute atomic E-state index is 0.330. The molecule has 0 aromatic carbocycles. The molecule has 0 bridgehead atoms. The minimum atomic E-state index is -4.33. The number of halogens is 1.